The van der Waals surface area contributed by atoms with Crippen molar-refractivity contribution in [3.63, 3.8) is 0 Å². The summed E-state index contributed by atoms with van der Waals surface area (Å²) in [6, 6.07) is 16.9. The number of aliphatic imine (C=N–C) groups is 1. The Labute approximate surface area is 244 Å². The highest BCUT2D eigenvalue weighted by atomic mass is 16.6. The molecule has 11 nitrogen and oxygen atoms in total. The second kappa shape index (κ2) is 14.3. The predicted molar refractivity (Wildman–Crippen MR) is 159 cm³/mol. The zero-order valence-corrected chi connectivity index (χ0v) is 23.6. The van der Waals surface area contributed by atoms with Crippen LogP contribution < -0.4 is 10.6 Å². The van der Waals surface area contributed by atoms with Gasteiger partial charge in [-0.2, -0.15) is 0 Å². The summed E-state index contributed by atoms with van der Waals surface area (Å²) in [5.41, 5.74) is 2.31. The van der Waals surface area contributed by atoms with E-state index >= 15 is 0 Å². The average molecular weight is 574 g/mol. The van der Waals surface area contributed by atoms with Crippen LogP contribution in [0.15, 0.2) is 71.9 Å². The van der Waals surface area contributed by atoms with Crippen molar-refractivity contribution in [2.75, 3.05) is 36.9 Å². The standard InChI is InChI=1S/C31H35N5O6/c1-3-16-36-17-15-32-29(36)20-9-11-21(12-10-20)30(40)34-24-8-6-5-7-23(24)31(41)35-26-14-13-22(18-33-26)28(25(38)19-37)42-27(39)4-2/h5-14,18,25,28,37-38H,3-4,15-17,19H2,1-2H3,(H,34,40)(H,33,35,41). The van der Waals surface area contributed by atoms with E-state index in [0.717, 1.165) is 37.5 Å². The van der Waals surface area contributed by atoms with E-state index in [0.29, 0.717) is 16.8 Å². The monoisotopic (exact) mass is 573 g/mol. The molecule has 0 saturated carbocycles. The van der Waals surface area contributed by atoms with Crippen LogP contribution in [-0.4, -0.2) is 76.1 Å². The van der Waals surface area contributed by atoms with Crippen LogP contribution in [0, 0.1) is 0 Å². The quantitative estimate of drug-likeness (QED) is 0.241. The molecule has 4 N–H and O–H groups in total. The lowest BCUT2D eigenvalue weighted by molar-refractivity contribution is -0.156. The lowest BCUT2D eigenvalue weighted by Gasteiger charge is -2.22. The number of carbonyl (C=O) groups excluding carboxylic acids is 3. The molecule has 2 amide bonds. The van der Waals surface area contributed by atoms with Crippen molar-refractivity contribution >= 4 is 35.1 Å². The largest absolute Gasteiger partial charge is 0.455 e. The number of pyridine rings is 1. The number of hydrogen-bond donors (Lipinski definition) is 4. The van der Waals surface area contributed by atoms with Crippen molar-refractivity contribution in [3.05, 3.63) is 89.1 Å². The molecular weight excluding hydrogens is 538 g/mol. The van der Waals surface area contributed by atoms with E-state index in [2.05, 4.69) is 32.4 Å². The van der Waals surface area contributed by atoms with E-state index in [1.807, 2.05) is 12.1 Å². The number of amidine groups is 1. The van der Waals surface area contributed by atoms with Gasteiger partial charge in [-0.25, -0.2) is 4.98 Å². The Kier molecular flexibility index (Phi) is 10.4. The van der Waals surface area contributed by atoms with E-state index in [4.69, 9.17) is 4.74 Å². The smallest absolute Gasteiger partial charge is 0.306 e. The first-order valence-corrected chi connectivity index (χ1v) is 13.9. The van der Waals surface area contributed by atoms with Gasteiger partial charge in [-0.3, -0.25) is 19.4 Å². The highest BCUT2D eigenvalue weighted by Crippen LogP contribution is 2.24. The minimum atomic E-state index is -1.33. The molecule has 1 aromatic heterocycles. The summed E-state index contributed by atoms with van der Waals surface area (Å²) in [6.07, 6.45) is 0.0373. The van der Waals surface area contributed by atoms with Crippen LogP contribution in [0.4, 0.5) is 11.5 Å². The highest BCUT2D eigenvalue weighted by molar-refractivity contribution is 6.12. The van der Waals surface area contributed by atoms with Gasteiger partial charge in [-0.1, -0.05) is 38.1 Å². The fourth-order valence-electron chi connectivity index (χ4n) is 4.52. The lowest BCUT2D eigenvalue weighted by Crippen LogP contribution is -2.29. The number of aliphatic hydroxyl groups excluding tert-OH is 2. The number of ether oxygens (including phenoxy) is 1. The van der Waals surface area contributed by atoms with Gasteiger partial charge >= 0.3 is 5.97 Å². The second-order valence-electron chi connectivity index (χ2n) is 9.71. The fraction of sp³-hybridized carbons (Fsp3) is 0.323. The van der Waals surface area contributed by atoms with Crippen molar-refractivity contribution in [1.29, 1.82) is 0 Å². The van der Waals surface area contributed by atoms with Crippen molar-refractivity contribution in [2.24, 2.45) is 4.99 Å². The number of hydrogen-bond acceptors (Lipinski definition) is 9. The topological polar surface area (TPSA) is 153 Å². The molecule has 2 unspecified atom stereocenters. The summed E-state index contributed by atoms with van der Waals surface area (Å²) >= 11 is 0. The minimum absolute atomic E-state index is 0.102. The number of rotatable bonds is 12. The van der Waals surface area contributed by atoms with Gasteiger partial charge in [0.25, 0.3) is 11.8 Å². The maximum atomic E-state index is 13.1. The maximum Gasteiger partial charge on any atom is 0.306 e. The normalized spacial score (nSPS) is 14.1. The third kappa shape index (κ3) is 7.36. The highest BCUT2D eigenvalue weighted by Gasteiger charge is 2.25. The van der Waals surface area contributed by atoms with Gasteiger partial charge in [-0.05, 0) is 42.8 Å². The Bertz CT molecular complexity index is 1420. The molecule has 0 aliphatic carbocycles. The Morgan fingerprint density at radius 3 is 2.43 bits per heavy atom. The predicted octanol–water partition coefficient (Wildman–Crippen LogP) is 3.41. The van der Waals surface area contributed by atoms with Gasteiger partial charge < -0.3 is 30.5 Å². The maximum absolute atomic E-state index is 13.1. The Morgan fingerprint density at radius 1 is 1.00 bits per heavy atom. The first-order chi connectivity index (χ1) is 20.3. The summed E-state index contributed by atoms with van der Waals surface area (Å²) in [5.74, 6) is -0.262. The zero-order valence-electron chi connectivity index (χ0n) is 23.6. The summed E-state index contributed by atoms with van der Waals surface area (Å²) < 4.78 is 5.24. The van der Waals surface area contributed by atoms with Crippen LogP contribution in [0.2, 0.25) is 0 Å². The van der Waals surface area contributed by atoms with E-state index < -0.39 is 30.7 Å². The number of nitrogens with zero attached hydrogens (tertiary/aromatic N) is 3. The zero-order chi connectivity index (χ0) is 30.1. The van der Waals surface area contributed by atoms with Gasteiger partial charge in [0.05, 0.1) is 24.4 Å². The van der Waals surface area contributed by atoms with Crippen molar-refractivity contribution < 1.29 is 29.3 Å². The van der Waals surface area contributed by atoms with E-state index in [9.17, 15) is 24.6 Å². The first-order valence-electron chi connectivity index (χ1n) is 13.9. The van der Waals surface area contributed by atoms with Crippen molar-refractivity contribution in [2.45, 2.75) is 38.9 Å². The van der Waals surface area contributed by atoms with Gasteiger partial charge in [0.1, 0.15) is 17.8 Å². The Balaban J connectivity index is 1.43. The molecule has 42 heavy (non-hydrogen) atoms. The van der Waals surface area contributed by atoms with Gasteiger partial charge in [0.2, 0.25) is 0 Å². The number of esters is 1. The molecule has 4 rings (SSSR count). The molecule has 3 aromatic rings. The fourth-order valence-corrected chi connectivity index (χ4v) is 4.52. The van der Waals surface area contributed by atoms with Crippen LogP contribution in [0.5, 0.6) is 0 Å². The number of carbonyl (C=O) groups is 3. The summed E-state index contributed by atoms with van der Waals surface area (Å²) in [7, 11) is 0. The number of nitrogens with one attached hydrogen (secondary N) is 2. The van der Waals surface area contributed by atoms with Gasteiger partial charge in [-0.15, -0.1) is 0 Å². The van der Waals surface area contributed by atoms with Crippen molar-refractivity contribution in [1.82, 2.24) is 9.88 Å². The number of amides is 2. The Morgan fingerprint density at radius 2 is 1.76 bits per heavy atom. The van der Waals surface area contributed by atoms with Gasteiger partial charge in [0, 0.05) is 42.4 Å². The molecule has 11 heteroatoms. The second-order valence-corrected chi connectivity index (χ2v) is 9.71. The molecule has 0 spiro atoms. The molecule has 0 radical (unpaired) electrons. The molecule has 0 fully saturated rings. The minimum Gasteiger partial charge on any atom is -0.455 e. The Hall–Kier alpha value is -4.61. The van der Waals surface area contributed by atoms with Crippen LogP contribution in [0.25, 0.3) is 0 Å². The average Bonchev–Trinajstić information content (AvgIpc) is 3.48. The van der Waals surface area contributed by atoms with Crippen LogP contribution in [0.3, 0.4) is 0 Å². The summed E-state index contributed by atoms with van der Waals surface area (Å²) in [4.78, 5) is 49.0. The van der Waals surface area contributed by atoms with Crippen LogP contribution in [0.1, 0.15) is 64.6 Å². The van der Waals surface area contributed by atoms with E-state index in [-0.39, 0.29) is 23.7 Å². The van der Waals surface area contributed by atoms with Crippen LogP contribution in [-0.2, 0) is 9.53 Å². The summed E-state index contributed by atoms with van der Waals surface area (Å²) in [5, 5.41) is 24.9. The first kappa shape index (κ1) is 30.4. The lowest BCUT2D eigenvalue weighted by atomic mass is 10.1. The SMILES string of the molecule is CCCN1CCN=C1c1ccc(C(=O)Nc2ccccc2C(=O)Nc2ccc(C(OC(=O)CC)C(O)CO)cn2)cc1. The molecule has 2 atom stereocenters. The number of anilines is 2. The van der Waals surface area contributed by atoms with E-state index in [1.165, 1.54) is 18.3 Å². The third-order valence-electron chi connectivity index (χ3n) is 6.69. The number of para-hydroxylation sites is 1. The molecule has 0 bridgehead atoms. The number of benzene rings is 2. The molecule has 220 valence electrons. The molecule has 1 aliphatic rings. The van der Waals surface area contributed by atoms with E-state index in [1.54, 1.807) is 43.3 Å². The third-order valence-corrected chi connectivity index (χ3v) is 6.69. The van der Waals surface area contributed by atoms with Crippen molar-refractivity contribution in [3.8, 4) is 0 Å². The molecular formula is C31H35N5O6. The summed E-state index contributed by atoms with van der Waals surface area (Å²) in [6.45, 7) is 5.72. The molecule has 0 saturated heterocycles. The van der Waals surface area contributed by atoms with Crippen LogP contribution >= 0.6 is 0 Å². The molecule has 2 heterocycles. The molecule has 2 aromatic carbocycles. The number of aromatic nitrogens is 1. The van der Waals surface area contributed by atoms with Gasteiger partial charge in [0.15, 0.2) is 6.10 Å². The molecule has 1 aliphatic heterocycles. The number of aliphatic hydroxyl groups is 2.